The summed E-state index contributed by atoms with van der Waals surface area (Å²) in [5.74, 6) is 0. The van der Waals surface area contributed by atoms with Gasteiger partial charge in [0.1, 0.15) is 0 Å². The molecule has 0 spiro atoms. The molecule has 0 amide bonds. The molecule has 1 aliphatic rings. The lowest BCUT2D eigenvalue weighted by atomic mass is 10.3. The minimum atomic E-state index is -4.69. The lowest BCUT2D eigenvalue weighted by molar-refractivity contribution is -0.152. The van der Waals surface area contributed by atoms with Crippen LogP contribution in [0.5, 0.6) is 0 Å². The average Bonchev–Trinajstić information content (AvgIpc) is 2.89. The Bertz CT molecular complexity index is 613. The van der Waals surface area contributed by atoms with Crippen LogP contribution in [0, 0.1) is 0 Å². The molecule has 2 rings (SSSR count). The molecule has 0 atom stereocenters. The summed E-state index contributed by atoms with van der Waals surface area (Å²) in [6, 6.07) is 4.09. The van der Waals surface area contributed by atoms with E-state index in [1.807, 2.05) is 0 Å². The molecule has 9 heteroatoms. The van der Waals surface area contributed by atoms with Gasteiger partial charge in [0, 0.05) is 17.6 Å². The number of hydrogen-bond acceptors (Lipinski definition) is 4. The predicted molar refractivity (Wildman–Crippen MR) is 74.8 cm³/mol. The minimum Gasteiger partial charge on any atom is -0.371 e. The first kappa shape index (κ1) is 16.6. The van der Waals surface area contributed by atoms with Gasteiger partial charge in [0.2, 0.25) is 0 Å². The highest BCUT2D eigenvalue weighted by atomic mass is 79.9. The summed E-state index contributed by atoms with van der Waals surface area (Å²) in [5, 5.41) is 0. The molecule has 0 aliphatic carbocycles. The van der Waals surface area contributed by atoms with E-state index in [4.69, 9.17) is 0 Å². The molecule has 4 nitrogen and oxygen atoms in total. The highest BCUT2D eigenvalue weighted by Gasteiger charge is 2.31. The van der Waals surface area contributed by atoms with E-state index in [1.54, 1.807) is 6.07 Å². The first-order valence-electron chi connectivity index (χ1n) is 6.20. The third-order valence-electron chi connectivity index (χ3n) is 3.03. The Kier molecular flexibility index (Phi) is 4.84. The number of anilines is 1. The molecule has 1 heterocycles. The Balaban J connectivity index is 2.19. The summed E-state index contributed by atoms with van der Waals surface area (Å²) in [6.07, 6.45) is -2.58. The van der Waals surface area contributed by atoms with E-state index in [2.05, 4.69) is 25.0 Å². The smallest absolute Gasteiger partial charge is 0.371 e. The van der Waals surface area contributed by atoms with Gasteiger partial charge in [-0.25, -0.2) is 0 Å². The third-order valence-corrected chi connectivity index (χ3v) is 4.93. The van der Waals surface area contributed by atoms with E-state index in [0.717, 1.165) is 31.6 Å². The Hall–Kier alpha value is -0.800. The van der Waals surface area contributed by atoms with Gasteiger partial charge in [-0.05, 0) is 47.0 Å². The maximum absolute atomic E-state index is 12.0. The van der Waals surface area contributed by atoms with Crippen LogP contribution in [0.4, 0.5) is 18.9 Å². The van der Waals surface area contributed by atoms with E-state index >= 15 is 0 Å². The summed E-state index contributed by atoms with van der Waals surface area (Å²) in [5.41, 5.74) is 0.822. The van der Waals surface area contributed by atoms with Crippen molar-refractivity contribution in [1.29, 1.82) is 0 Å². The molecular formula is C12H13BrF3NO3S. The van der Waals surface area contributed by atoms with Crippen molar-refractivity contribution < 1.29 is 25.8 Å². The van der Waals surface area contributed by atoms with Crippen LogP contribution in [0.15, 0.2) is 27.6 Å². The van der Waals surface area contributed by atoms with E-state index in [9.17, 15) is 21.6 Å². The second-order valence-corrected chi connectivity index (χ2v) is 7.11. The molecular weight excluding hydrogens is 375 g/mol. The summed E-state index contributed by atoms with van der Waals surface area (Å²) < 4.78 is 64.1. The van der Waals surface area contributed by atoms with E-state index in [-0.39, 0.29) is 4.90 Å². The number of benzene rings is 1. The number of alkyl halides is 3. The standard InChI is InChI=1S/C12H13BrF3NO3S/c13-10-7-9(21(18,19)20-8-12(14,15)16)3-4-11(10)17-5-1-2-6-17/h3-4,7H,1-2,5-6,8H2. The Morgan fingerprint density at radius 3 is 2.38 bits per heavy atom. The lowest BCUT2D eigenvalue weighted by Gasteiger charge is -2.19. The van der Waals surface area contributed by atoms with Crippen LogP contribution in [0.3, 0.4) is 0 Å². The van der Waals surface area contributed by atoms with Crippen molar-refractivity contribution >= 4 is 31.7 Å². The number of nitrogens with zero attached hydrogens (tertiary/aromatic N) is 1. The van der Waals surface area contributed by atoms with E-state index in [1.165, 1.54) is 12.1 Å². The van der Waals surface area contributed by atoms with Gasteiger partial charge in [-0.1, -0.05) is 0 Å². The van der Waals surface area contributed by atoms with Crippen molar-refractivity contribution in [3.63, 3.8) is 0 Å². The monoisotopic (exact) mass is 387 g/mol. The molecule has 21 heavy (non-hydrogen) atoms. The second-order valence-electron chi connectivity index (χ2n) is 4.64. The average molecular weight is 388 g/mol. The number of halogens is 4. The first-order valence-corrected chi connectivity index (χ1v) is 8.40. The maximum atomic E-state index is 12.0. The summed E-state index contributed by atoms with van der Waals surface area (Å²) in [7, 11) is -4.42. The minimum absolute atomic E-state index is 0.304. The molecule has 0 bridgehead atoms. The summed E-state index contributed by atoms with van der Waals surface area (Å²) in [4.78, 5) is 1.78. The van der Waals surface area contributed by atoms with Crippen LogP contribution in [0.1, 0.15) is 12.8 Å². The molecule has 0 N–H and O–H groups in total. The molecule has 1 saturated heterocycles. The Morgan fingerprint density at radius 1 is 1.24 bits per heavy atom. The SMILES string of the molecule is O=S(=O)(OCC(F)(F)F)c1ccc(N2CCCC2)c(Br)c1. The topological polar surface area (TPSA) is 46.6 Å². The van der Waals surface area contributed by atoms with Crippen LogP contribution < -0.4 is 4.90 Å². The fourth-order valence-corrected chi connectivity index (χ4v) is 3.77. The normalized spacial score (nSPS) is 16.5. The third kappa shape index (κ3) is 4.33. The van der Waals surface area contributed by atoms with Crippen LogP contribution in [0.2, 0.25) is 0 Å². The highest BCUT2D eigenvalue weighted by Crippen LogP contribution is 2.32. The zero-order valence-electron chi connectivity index (χ0n) is 10.9. The van der Waals surface area contributed by atoms with Crippen molar-refractivity contribution in [2.45, 2.75) is 23.9 Å². The zero-order chi connectivity index (χ0) is 15.7. The molecule has 1 aliphatic heterocycles. The van der Waals surface area contributed by atoms with Gasteiger partial charge < -0.3 is 4.90 Å². The maximum Gasteiger partial charge on any atom is 0.413 e. The van der Waals surface area contributed by atoms with Crippen LogP contribution in [0.25, 0.3) is 0 Å². The quantitative estimate of drug-likeness (QED) is 0.743. The van der Waals surface area contributed by atoms with Gasteiger partial charge in [0.25, 0.3) is 10.1 Å². The molecule has 0 aromatic heterocycles. The predicted octanol–water partition coefficient (Wildman–Crippen LogP) is 3.32. The number of rotatable bonds is 4. The van der Waals surface area contributed by atoms with Gasteiger partial charge >= 0.3 is 6.18 Å². The van der Waals surface area contributed by atoms with Gasteiger partial charge in [0.15, 0.2) is 6.61 Å². The van der Waals surface area contributed by atoms with Crippen molar-refractivity contribution in [2.24, 2.45) is 0 Å². The molecule has 1 aromatic carbocycles. The second kappa shape index (κ2) is 6.13. The molecule has 0 unspecified atom stereocenters. The number of hydrogen-bond donors (Lipinski definition) is 0. The summed E-state index contributed by atoms with van der Waals surface area (Å²) >= 11 is 3.26. The molecule has 118 valence electrons. The zero-order valence-corrected chi connectivity index (χ0v) is 13.3. The first-order chi connectivity index (χ1) is 9.69. The van der Waals surface area contributed by atoms with Gasteiger partial charge in [-0.2, -0.15) is 21.6 Å². The van der Waals surface area contributed by atoms with Crippen molar-refractivity contribution in [3.8, 4) is 0 Å². The van der Waals surface area contributed by atoms with Crippen molar-refractivity contribution in [2.75, 3.05) is 24.6 Å². The van der Waals surface area contributed by atoms with Crippen LogP contribution >= 0.6 is 15.9 Å². The van der Waals surface area contributed by atoms with Gasteiger partial charge in [-0.15, -0.1) is 0 Å². The highest BCUT2D eigenvalue weighted by molar-refractivity contribution is 9.10. The summed E-state index contributed by atoms with van der Waals surface area (Å²) in [6.45, 7) is -0.0919. The van der Waals surface area contributed by atoms with Gasteiger partial charge in [-0.3, -0.25) is 4.18 Å². The van der Waals surface area contributed by atoms with E-state index in [0.29, 0.717) is 4.47 Å². The molecule has 1 fully saturated rings. The van der Waals surface area contributed by atoms with E-state index < -0.39 is 22.9 Å². The molecule has 0 radical (unpaired) electrons. The van der Waals surface area contributed by atoms with Crippen LogP contribution in [-0.2, 0) is 14.3 Å². The Labute approximate surface area is 129 Å². The lowest BCUT2D eigenvalue weighted by Crippen LogP contribution is -2.21. The molecule has 1 aromatic rings. The van der Waals surface area contributed by atoms with Crippen LogP contribution in [-0.4, -0.2) is 34.3 Å². The van der Waals surface area contributed by atoms with Crippen molar-refractivity contribution in [3.05, 3.63) is 22.7 Å². The van der Waals surface area contributed by atoms with Gasteiger partial charge in [0.05, 0.1) is 10.6 Å². The fraction of sp³-hybridized carbons (Fsp3) is 0.500. The Morgan fingerprint density at radius 2 is 1.86 bits per heavy atom. The van der Waals surface area contributed by atoms with Crippen molar-refractivity contribution in [1.82, 2.24) is 0 Å². The molecule has 0 saturated carbocycles. The largest absolute Gasteiger partial charge is 0.413 e. The fourth-order valence-electron chi connectivity index (χ4n) is 2.07.